The van der Waals surface area contributed by atoms with E-state index in [1.807, 2.05) is 18.2 Å². The molecule has 0 amide bonds. The molecule has 0 heterocycles. The topological polar surface area (TPSA) is 42.9 Å². The summed E-state index contributed by atoms with van der Waals surface area (Å²) in [4.78, 5) is 0. The summed E-state index contributed by atoms with van der Waals surface area (Å²) in [5.41, 5.74) is 4.01. The first-order valence-corrected chi connectivity index (χ1v) is 7.10. The summed E-state index contributed by atoms with van der Waals surface area (Å²) in [5, 5.41) is 4.18. The summed E-state index contributed by atoms with van der Waals surface area (Å²) in [5.74, 6) is 1.37. The van der Waals surface area contributed by atoms with Crippen LogP contribution in [0.1, 0.15) is 19.4 Å². The number of halogens is 1. The number of nitrogens with one attached hydrogen (secondary N) is 1. The first kappa shape index (κ1) is 16.0. The lowest BCUT2D eigenvalue weighted by Gasteiger charge is -2.08. The molecule has 0 unspecified atom stereocenters. The number of ether oxygens (including phenoxy) is 2. The number of nitrogens with zero attached hydrogens (tertiary/aromatic N) is 1. The normalized spacial score (nSPS) is 11.2. The molecule has 19 heavy (non-hydrogen) atoms. The van der Waals surface area contributed by atoms with Gasteiger partial charge in [-0.2, -0.15) is 5.10 Å². The predicted octanol–water partition coefficient (Wildman–Crippen LogP) is 3.05. The van der Waals surface area contributed by atoms with Crippen LogP contribution in [-0.2, 0) is 4.74 Å². The minimum Gasteiger partial charge on any atom is -0.490 e. The third-order valence-electron chi connectivity index (χ3n) is 2.30. The molecule has 106 valence electrons. The van der Waals surface area contributed by atoms with Crippen molar-refractivity contribution < 1.29 is 9.47 Å². The first-order chi connectivity index (χ1) is 9.13. The Balaban J connectivity index is 2.57. The maximum Gasteiger partial charge on any atom is 0.134 e. The van der Waals surface area contributed by atoms with Crippen LogP contribution in [0.4, 0.5) is 0 Å². The fraction of sp³-hybridized carbons (Fsp3) is 0.500. The van der Waals surface area contributed by atoms with Gasteiger partial charge >= 0.3 is 0 Å². The highest BCUT2D eigenvalue weighted by Crippen LogP contribution is 2.25. The van der Waals surface area contributed by atoms with Gasteiger partial charge in [-0.25, -0.2) is 0 Å². The van der Waals surface area contributed by atoms with Crippen LogP contribution in [-0.4, -0.2) is 33.1 Å². The molecule has 0 fully saturated rings. The number of benzene rings is 1. The number of hydrazone groups is 1. The van der Waals surface area contributed by atoms with E-state index >= 15 is 0 Å². The zero-order chi connectivity index (χ0) is 14.1. The van der Waals surface area contributed by atoms with Crippen LogP contribution >= 0.6 is 15.9 Å². The summed E-state index contributed by atoms with van der Waals surface area (Å²) >= 11 is 3.46. The highest BCUT2D eigenvalue weighted by Gasteiger charge is 2.02. The lowest BCUT2D eigenvalue weighted by molar-refractivity contribution is 0.146. The molecule has 0 atom stereocenters. The van der Waals surface area contributed by atoms with Crippen LogP contribution < -0.4 is 10.2 Å². The number of rotatable bonds is 8. The number of methoxy groups -OCH3 is 1. The maximum atomic E-state index is 5.61. The minimum atomic E-state index is 0.529. The molecule has 1 N–H and O–H groups in total. The smallest absolute Gasteiger partial charge is 0.134 e. The van der Waals surface area contributed by atoms with Crippen LogP contribution in [0.2, 0.25) is 0 Å². The van der Waals surface area contributed by atoms with Crippen molar-refractivity contribution in [1.29, 1.82) is 0 Å². The highest BCUT2D eigenvalue weighted by molar-refractivity contribution is 9.10. The van der Waals surface area contributed by atoms with E-state index in [2.05, 4.69) is 40.3 Å². The molecule has 0 bridgehead atoms. The van der Waals surface area contributed by atoms with Gasteiger partial charge < -0.3 is 14.9 Å². The summed E-state index contributed by atoms with van der Waals surface area (Å²) in [6.45, 7) is 6.25. The molecular formula is C14H21BrN2O2. The van der Waals surface area contributed by atoms with Crippen LogP contribution in [0.3, 0.4) is 0 Å². The lowest BCUT2D eigenvalue weighted by atomic mass is 10.2. The molecule has 0 radical (unpaired) electrons. The molecule has 0 aromatic heterocycles. The van der Waals surface area contributed by atoms with E-state index in [1.165, 1.54) is 0 Å². The van der Waals surface area contributed by atoms with Gasteiger partial charge in [-0.3, -0.25) is 0 Å². The number of hydrogen-bond acceptors (Lipinski definition) is 4. The molecule has 1 aromatic rings. The maximum absolute atomic E-state index is 5.61. The predicted molar refractivity (Wildman–Crippen MR) is 81.9 cm³/mol. The van der Waals surface area contributed by atoms with Crippen molar-refractivity contribution in [1.82, 2.24) is 5.43 Å². The summed E-state index contributed by atoms with van der Waals surface area (Å²) in [7, 11) is 1.65. The Kier molecular flexibility index (Phi) is 7.52. The second kappa shape index (κ2) is 8.93. The van der Waals surface area contributed by atoms with E-state index in [0.717, 1.165) is 22.3 Å². The van der Waals surface area contributed by atoms with Crippen LogP contribution in [0.15, 0.2) is 27.8 Å². The summed E-state index contributed by atoms with van der Waals surface area (Å²) in [6.07, 6.45) is 1.79. The average molecular weight is 329 g/mol. The van der Waals surface area contributed by atoms with Crippen molar-refractivity contribution in [3.63, 3.8) is 0 Å². The molecule has 0 spiro atoms. The van der Waals surface area contributed by atoms with Gasteiger partial charge in [-0.1, -0.05) is 19.9 Å². The van der Waals surface area contributed by atoms with Gasteiger partial charge in [0.25, 0.3) is 0 Å². The van der Waals surface area contributed by atoms with Gasteiger partial charge in [0.05, 0.1) is 17.3 Å². The molecule has 0 aliphatic rings. The van der Waals surface area contributed by atoms with Gasteiger partial charge in [0.15, 0.2) is 0 Å². The van der Waals surface area contributed by atoms with Gasteiger partial charge in [0.2, 0.25) is 0 Å². The van der Waals surface area contributed by atoms with E-state index in [-0.39, 0.29) is 0 Å². The van der Waals surface area contributed by atoms with Gasteiger partial charge in [-0.05, 0) is 39.5 Å². The Morgan fingerprint density at radius 2 is 2.16 bits per heavy atom. The van der Waals surface area contributed by atoms with Crippen LogP contribution in [0, 0.1) is 5.92 Å². The van der Waals surface area contributed by atoms with E-state index in [1.54, 1.807) is 13.3 Å². The Labute approximate surface area is 123 Å². The van der Waals surface area contributed by atoms with E-state index in [9.17, 15) is 0 Å². The van der Waals surface area contributed by atoms with E-state index in [0.29, 0.717) is 19.1 Å². The molecule has 1 aromatic carbocycles. The molecule has 0 saturated carbocycles. The second-order valence-corrected chi connectivity index (χ2v) is 5.40. The first-order valence-electron chi connectivity index (χ1n) is 6.30. The molecule has 0 aliphatic carbocycles. The summed E-state index contributed by atoms with van der Waals surface area (Å²) in [6, 6.07) is 5.88. The van der Waals surface area contributed by atoms with Gasteiger partial charge in [-0.15, -0.1) is 0 Å². The molecular weight excluding hydrogens is 308 g/mol. The highest BCUT2D eigenvalue weighted by atomic mass is 79.9. The fourth-order valence-electron chi connectivity index (χ4n) is 1.30. The van der Waals surface area contributed by atoms with E-state index in [4.69, 9.17) is 9.47 Å². The Morgan fingerprint density at radius 1 is 1.37 bits per heavy atom. The van der Waals surface area contributed by atoms with Gasteiger partial charge in [0.1, 0.15) is 12.4 Å². The monoisotopic (exact) mass is 328 g/mol. The Hall–Kier alpha value is -1.07. The average Bonchev–Trinajstić information content (AvgIpc) is 2.38. The molecule has 1 rings (SSSR count). The SMILES string of the molecule is COCCOc1cc(/C=N/NCC(C)C)ccc1Br. The zero-order valence-corrected chi connectivity index (χ0v) is 13.2. The third kappa shape index (κ3) is 6.59. The molecule has 4 nitrogen and oxygen atoms in total. The standard InChI is InChI=1S/C14H21BrN2O2/c1-11(2)9-16-17-10-12-4-5-13(15)14(8-12)19-7-6-18-3/h4-5,8,10-11,16H,6-7,9H2,1-3H3/b17-10+. The minimum absolute atomic E-state index is 0.529. The van der Waals surface area contributed by atoms with Crippen molar-refractivity contribution >= 4 is 22.1 Å². The fourth-order valence-corrected chi connectivity index (χ4v) is 1.66. The number of hydrogen-bond donors (Lipinski definition) is 1. The van der Waals surface area contributed by atoms with Crippen molar-refractivity contribution in [2.75, 3.05) is 26.9 Å². The molecule has 5 heteroatoms. The van der Waals surface area contributed by atoms with Crippen LogP contribution in [0.5, 0.6) is 5.75 Å². The zero-order valence-electron chi connectivity index (χ0n) is 11.6. The third-order valence-corrected chi connectivity index (χ3v) is 2.96. The van der Waals surface area contributed by atoms with Crippen molar-refractivity contribution in [3.8, 4) is 5.75 Å². The summed E-state index contributed by atoms with van der Waals surface area (Å²) < 4.78 is 11.5. The largest absolute Gasteiger partial charge is 0.490 e. The Bertz CT molecular complexity index is 408. The quantitative estimate of drug-likeness (QED) is 0.453. The van der Waals surface area contributed by atoms with Crippen molar-refractivity contribution in [2.45, 2.75) is 13.8 Å². The van der Waals surface area contributed by atoms with Crippen molar-refractivity contribution in [3.05, 3.63) is 28.2 Å². The van der Waals surface area contributed by atoms with Crippen molar-refractivity contribution in [2.24, 2.45) is 11.0 Å². The van der Waals surface area contributed by atoms with E-state index < -0.39 is 0 Å². The molecule has 0 aliphatic heterocycles. The van der Waals surface area contributed by atoms with Crippen LogP contribution in [0.25, 0.3) is 0 Å². The van der Waals surface area contributed by atoms with Gasteiger partial charge in [0, 0.05) is 13.7 Å². The second-order valence-electron chi connectivity index (χ2n) is 4.55. The molecule has 0 saturated heterocycles. The lowest BCUT2D eigenvalue weighted by Crippen LogP contribution is -2.13. The Morgan fingerprint density at radius 3 is 2.84 bits per heavy atom.